The van der Waals surface area contributed by atoms with Crippen molar-refractivity contribution < 1.29 is 0 Å². The molecule has 3 nitrogen and oxygen atoms in total. The second kappa shape index (κ2) is 4.25. The van der Waals surface area contributed by atoms with Crippen molar-refractivity contribution in [2.75, 3.05) is 0 Å². The highest BCUT2D eigenvalue weighted by molar-refractivity contribution is 5.79. The zero-order chi connectivity index (χ0) is 10.5. The normalized spacial score (nSPS) is 10.3. The van der Waals surface area contributed by atoms with Gasteiger partial charge >= 0.3 is 0 Å². The van der Waals surface area contributed by atoms with Gasteiger partial charge in [-0.25, -0.2) is 0 Å². The molecule has 1 aromatic heterocycles. The molecule has 1 aromatic carbocycles. The van der Waals surface area contributed by atoms with Gasteiger partial charge in [0.2, 0.25) is 0 Å². The summed E-state index contributed by atoms with van der Waals surface area (Å²) in [5.41, 5.74) is 2.44. The van der Waals surface area contributed by atoms with Gasteiger partial charge in [0.05, 0.1) is 29.2 Å². The van der Waals surface area contributed by atoms with Gasteiger partial charge in [0, 0.05) is 6.20 Å². The highest BCUT2D eigenvalue weighted by Crippen LogP contribution is 2.12. The van der Waals surface area contributed by atoms with Crippen molar-refractivity contribution in [3.63, 3.8) is 0 Å². The van der Waals surface area contributed by atoms with Crippen LogP contribution in [0.2, 0.25) is 0 Å². The van der Waals surface area contributed by atoms with Crippen molar-refractivity contribution in [1.29, 1.82) is 5.26 Å². The van der Waals surface area contributed by atoms with Crippen LogP contribution in [-0.2, 0) is 0 Å². The van der Waals surface area contributed by atoms with E-state index >= 15 is 0 Å². The molecule has 0 saturated carbocycles. The summed E-state index contributed by atoms with van der Waals surface area (Å²) in [6, 6.07) is 13.1. The van der Waals surface area contributed by atoms with Gasteiger partial charge in [-0.05, 0) is 36.4 Å². The van der Waals surface area contributed by atoms with E-state index in [9.17, 15) is 0 Å². The summed E-state index contributed by atoms with van der Waals surface area (Å²) in [6.45, 7) is 0. The monoisotopic (exact) mass is 195 g/mol. The molecule has 0 amide bonds. The van der Waals surface area contributed by atoms with E-state index in [1.54, 1.807) is 18.3 Å². The summed E-state index contributed by atoms with van der Waals surface area (Å²) in [5.74, 6) is 0. The number of nitrogens with one attached hydrogen (secondary N) is 1. The van der Waals surface area contributed by atoms with E-state index in [0.717, 1.165) is 11.4 Å². The summed E-state index contributed by atoms with van der Waals surface area (Å²) in [7, 11) is 0. The quantitative estimate of drug-likeness (QED) is 0.736. The molecule has 3 heteroatoms. The number of hydrogen-bond acceptors (Lipinski definition) is 2. The molecule has 0 saturated heterocycles. The number of rotatable bonds is 2. The predicted octanol–water partition coefficient (Wildman–Crippen LogP) is 2.64. The lowest BCUT2D eigenvalue weighted by molar-refractivity contribution is 1.38. The molecule has 72 valence electrons. The molecule has 2 aromatic rings. The van der Waals surface area contributed by atoms with Crippen molar-refractivity contribution >= 4 is 11.9 Å². The maximum absolute atomic E-state index is 8.62. The maximum atomic E-state index is 8.62. The van der Waals surface area contributed by atoms with E-state index in [1.807, 2.05) is 30.5 Å². The average Bonchev–Trinajstić information content (AvgIpc) is 2.80. The first-order valence-corrected chi connectivity index (χ1v) is 4.56. The number of benzene rings is 1. The van der Waals surface area contributed by atoms with Gasteiger partial charge in [-0.1, -0.05) is 0 Å². The van der Waals surface area contributed by atoms with E-state index < -0.39 is 0 Å². The Kier molecular flexibility index (Phi) is 2.61. The summed E-state index contributed by atoms with van der Waals surface area (Å²) in [4.78, 5) is 7.29. The molecule has 0 unspecified atom stereocenters. The summed E-state index contributed by atoms with van der Waals surface area (Å²) in [6.07, 6.45) is 3.60. The van der Waals surface area contributed by atoms with Crippen LogP contribution in [0.1, 0.15) is 11.3 Å². The Morgan fingerprint density at radius 1 is 1.20 bits per heavy atom. The maximum Gasteiger partial charge on any atom is 0.0991 e. The SMILES string of the molecule is N#Cc1ccc(/N=C/c2ccc[nH]2)cc1. The van der Waals surface area contributed by atoms with Gasteiger partial charge in [0.1, 0.15) is 0 Å². The molecule has 0 aliphatic carbocycles. The predicted molar refractivity (Wildman–Crippen MR) is 59.2 cm³/mol. The minimum Gasteiger partial charge on any atom is -0.360 e. The molecule has 1 N–H and O–H groups in total. The first-order chi connectivity index (χ1) is 7.38. The first kappa shape index (κ1) is 9.22. The Morgan fingerprint density at radius 3 is 2.60 bits per heavy atom. The van der Waals surface area contributed by atoms with Crippen molar-refractivity contribution in [2.45, 2.75) is 0 Å². The van der Waals surface area contributed by atoms with Crippen LogP contribution < -0.4 is 0 Å². The minimum atomic E-state index is 0.647. The van der Waals surface area contributed by atoms with Crippen LogP contribution in [0.3, 0.4) is 0 Å². The first-order valence-electron chi connectivity index (χ1n) is 4.56. The van der Waals surface area contributed by atoms with Crippen LogP contribution in [0.15, 0.2) is 47.6 Å². The van der Waals surface area contributed by atoms with Gasteiger partial charge in [0.15, 0.2) is 0 Å². The van der Waals surface area contributed by atoms with Crippen LogP contribution in [0.5, 0.6) is 0 Å². The standard InChI is InChI=1S/C12H9N3/c13-8-10-3-5-11(6-4-10)15-9-12-2-1-7-14-12/h1-7,9,14H/b15-9+. The smallest absolute Gasteiger partial charge is 0.0991 e. The molecule has 0 aliphatic heterocycles. The zero-order valence-electron chi connectivity index (χ0n) is 8.01. The molecule has 1 heterocycles. The lowest BCUT2D eigenvalue weighted by Crippen LogP contribution is -1.78. The van der Waals surface area contributed by atoms with Crippen molar-refractivity contribution in [3.05, 3.63) is 53.9 Å². The number of aromatic amines is 1. The molecule has 0 bridgehead atoms. The molecule has 0 aliphatic rings. The van der Waals surface area contributed by atoms with E-state index in [0.29, 0.717) is 5.56 Å². The lowest BCUT2D eigenvalue weighted by atomic mass is 10.2. The van der Waals surface area contributed by atoms with Crippen LogP contribution >= 0.6 is 0 Å². The Bertz CT molecular complexity index is 487. The van der Waals surface area contributed by atoms with Crippen LogP contribution in [0, 0.1) is 11.3 Å². The third-order valence-electron chi connectivity index (χ3n) is 1.97. The zero-order valence-corrected chi connectivity index (χ0v) is 8.01. The third-order valence-corrected chi connectivity index (χ3v) is 1.97. The van der Waals surface area contributed by atoms with Crippen molar-refractivity contribution in [3.8, 4) is 6.07 Å². The largest absolute Gasteiger partial charge is 0.360 e. The molecule has 0 fully saturated rings. The highest BCUT2D eigenvalue weighted by Gasteiger charge is 1.90. The number of nitriles is 1. The van der Waals surface area contributed by atoms with Gasteiger partial charge in [-0.3, -0.25) is 4.99 Å². The molecule has 15 heavy (non-hydrogen) atoms. The van der Waals surface area contributed by atoms with Crippen molar-refractivity contribution in [1.82, 2.24) is 4.98 Å². The van der Waals surface area contributed by atoms with Crippen LogP contribution in [0.25, 0.3) is 0 Å². The van der Waals surface area contributed by atoms with E-state index in [-0.39, 0.29) is 0 Å². The molecular formula is C12H9N3. The summed E-state index contributed by atoms with van der Waals surface area (Å²) in [5, 5.41) is 8.62. The van der Waals surface area contributed by atoms with E-state index in [1.165, 1.54) is 0 Å². The number of aliphatic imine (C=N–C) groups is 1. The van der Waals surface area contributed by atoms with Crippen LogP contribution in [0.4, 0.5) is 5.69 Å². The Hall–Kier alpha value is -2.34. The molecule has 2 rings (SSSR count). The van der Waals surface area contributed by atoms with Gasteiger partial charge in [0.25, 0.3) is 0 Å². The van der Waals surface area contributed by atoms with Gasteiger partial charge in [-0.2, -0.15) is 5.26 Å². The second-order valence-corrected chi connectivity index (χ2v) is 3.04. The Labute approximate surface area is 87.7 Å². The highest BCUT2D eigenvalue weighted by atomic mass is 14.8. The molecule has 0 spiro atoms. The average molecular weight is 195 g/mol. The van der Waals surface area contributed by atoms with Crippen molar-refractivity contribution in [2.24, 2.45) is 4.99 Å². The number of hydrogen-bond donors (Lipinski definition) is 1. The van der Waals surface area contributed by atoms with Gasteiger partial charge < -0.3 is 4.98 Å². The fourth-order valence-corrected chi connectivity index (χ4v) is 1.19. The van der Waals surface area contributed by atoms with Crippen LogP contribution in [-0.4, -0.2) is 11.2 Å². The van der Waals surface area contributed by atoms with E-state index in [2.05, 4.69) is 16.0 Å². The summed E-state index contributed by atoms with van der Waals surface area (Å²) >= 11 is 0. The molecular weight excluding hydrogens is 186 g/mol. The molecule has 0 atom stereocenters. The van der Waals surface area contributed by atoms with E-state index in [4.69, 9.17) is 5.26 Å². The third kappa shape index (κ3) is 2.32. The number of H-pyrrole nitrogens is 1. The second-order valence-electron chi connectivity index (χ2n) is 3.04. The fourth-order valence-electron chi connectivity index (χ4n) is 1.19. The Morgan fingerprint density at radius 2 is 2.00 bits per heavy atom. The topological polar surface area (TPSA) is 51.9 Å². The Balaban J connectivity index is 2.15. The minimum absolute atomic E-state index is 0.647. The number of aromatic nitrogens is 1. The van der Waals surface area contributed by atoms with Gasteiger partial charge in [-0.15, -0.1) is 0 Å². The summed E-state index contributed by atoms with van der Waals surface area (Å²) < 4.78 is 0. The molecule has 0 radical (unpaired) electrons. The fraction of sp³-hybridized carbons (Fsp3) is 0. The lowest BCUT2D eigenvalue weighted by Gasteiger charge is -1.92. The number of nitrogens with zero attached hydrogens (tertiary/aromatic N) is 2.